The number of aromatic amines is 1. The Kier molecular flexibility index (Phi) is 3.70. The number of hydrogen-bond donors (Lipinski definition) is 1. The Morgan fingerprint density at radius 1 is 1.43 bits per heavy atom. The van der Waals surface area contributed by atoms with Gasteiger partial charge in [-0.05, 0) is 13.0 Å². The van der Waals surface area contributed by atoms with Crippen LogP contribution in [0, 0.1) is 0 Å². The molecule has 8 nitrogen and oxygen atoms in total. The molecular weight excluding hydrogens is 272 g/mol. The highest BCUT2D eigenvalue weighted by Gasteiger charge is 2.37. The summed E-state index contributed by atoms with van der Waals surface area (Å²) in [6.07, 6.45) is 4.23. The molecule has 0 spiro atoms. The average Bonchev–Trinajstić information content (AvgIpc) is 3.11. The quantitative estimate of drug-likeness (QED) is 0.874. The van der Waals surface area contributed by atoms with Crippen LogP contribution in [0.3, 0.4) is 0 Å². The van der Waals surface area contributed by atoms with Gasteiger partial charge in [-0.25, -0.2) is 19.9 Å². The third-order valence-corrected chi connectivity index (χ3v) is 3.81. The van der Waals surface area contributed by atoms with Gasteiger partial charge < -0.3 is 9.64 Å². The molecule has 8 heteroatoms. The summed E-state index contributed by atoms with van der Waals surface area (Å²) < 4.78 is 7.11. The predicted octanol–water partition coefficient (Wildman–Crippen LogP) is 0.348. The summed E-state index contributed by atoms with van der Waals surface area (Å²) in [5, 5.41) is 6.70. The molecule has 1 saturated heterocycles. The van der Waals surface area contributed by atoms with Crippen LogP contribution in [0.15, 0.2) is 23.3 Å². The van der Waals surface area contributed by atoms with Crippen LogP contribution < -0.4 is 10.6 Å². The molecule has 0 radical (unpaired) electrons. The number of ether oxygens (including phenoxy) is 1. The molecule has 2 aromatic heterocycles. The number of anilines is 1. The third kappa shape index (κ3) is 2.42. The van der Waals surface area contributed by atoms with E-state index >= 15 is 0 Å². The maximum absolute atomic E-state index is 11.8. The Bertz CT molecular complexity index is 652. The molecule has 21 heavy (non-hydrogen) atoms. The van der Waals surface area contributed by atoms with Crippen LogP contribution in [-0.2, 0) is 11.3 Å². The van der Waals surface area contributed by atoms with Gasteiger partial charge >= 0.3 is 5.69 Å². The second kappa shape index (κ2) is 5.65. The van der Waals surface area contributed by atoms with Crippen molar-refractivity contribution >= 4 is 5.95 Å². The van der Waals surface area contributed by atoms with Gasteiger partial charge in [-0.2, -0.15) is 5.10 Å². The minimum atomic E-state index is -0.192. The summed E-state index contributed by atoms with van der Waals surface area (Å²) in [6, 6.07) is 1.70. The molecule has 0 bridgehead atoms. The van der Waals surface area contributed by atoms with Crippen LogP contribution in [0.1, 0.15) is 25.2 Å². The lowest BCUT2D eigenvalue weighted by atomic mass is 10.2. The molecule has 3 heterocycles. The van der Waals surface area contributed by atoms with Gasteiger partial charge in [0.05, 0.1) is 12.1 Å². The first-order chi connectivity index (χ1) is 10.2. The number of nitrogens with one attached hydrogen (secondary N) is 1. The number of nitrogens with zero attached hydrogens (tertiary/aromatic N) is 5. The maximum atomic E-state index is 11.8. The summed E-state index contributed by atoms with van der Waals surface area (Å²) >= 11 is 0. The van der Waals surface area contributed by atoms with Crippen LogP contribution >= 0.6 is 0 Å². The Hall–Kier alpha value is -2.22. The Morgan fingerprint density at radius 2 is 2.19 bits per heavy atom. The van der Waals surface area contributed by atoms with Crippen LogP contribution in [0.5, 0.6) is 0 Å². The van der Waals surface area contributed by atoms with E-state index in [-0.39, 0.29) is 17.8 Å². The molecule has 0 aliphatic carbocycles. The van der Waals surface area contributed by atoms with Gasteiger partial charge in [0.1, 0.15) is 0 Å². The average molecular weight is 290 g/mol. The second-order valence-electron chi connectivity index (χ2n) is 4.94. The molecule has 0 unspecified atom stereocenters. The van der Waals surface area contributed by atoms with Gasteiger partial charge in [-0.3, -0.25) is 4.57 Å². The van der Waals surface area contributed by atoms with E-state index in [1.807, 2.05) is 11.8 Å². The standard InChI is InChI=1S/C13H18N6O2/c1-3-18-11(16-17-13(18)20)10-7-9(21-2)8-19(10)12-14-5-4-6-15-12/h4-6,9-10H,3,7-8H2,1-2H3,(H,17,20)/t9-,10-/m0/s1. The van der Waals surface area contributed by atoms with Gasteiger partial charge in [-0.15, -0.1) is 0 Å². The van der Waals surface area contributed by atoms with E-state index in [0.717, 1.165) is 6.42 Å². The molecule has 3 rings (SSSR count). The zero-order valence-electron chi connectivity index (χ0n) is 12.1. The third-order valence-electron chi connectivity index (χ3n) is 3.81. The number of H-pyrrole nitrogens is 1. The first-order valence-corrected chi connectivity index (χ1v) is 6.96. The number of methoxy groups -OCH3 is 1. The van der Waals surface area contributed by atoms with Gasteiger partial charge in [-0.1, -0.05) is 0 Å². The van der Waals surface area contributed by atoms with Crippen molar-refractivity contribution in [1.29, 1.82) is 0 Å². The van der Waals surface area contributed by atoms with Crippen molar-refractivity contribution in [2.75, 3.05) is 18.6 Å². The van der Waals surface area contributed by atoms with Gasteiger partial charge in [0.2, 0.25) is 5.95 Å². The second-order valence-corrected chi connectivity index (χ2v) is 4.94. The maximum Gasteiger partial charge on any atom is 0.343 e. The van der Waals surface area contributed by atoms with Crippen molar-refractivity contribution in [3.8, 4) is 0 Å². The summed E-state index contributed by atoms with van der Waals surface area (Å²) in [5.41, 5.74) is -0.192. The normalized spacial score (nSPS) is 21.9. The lowest BCUT2D eigenvalue weighted by Gasteiger charge is -2.23. The molecule has 0 aromatic carbocycles. The topological polar surface area (TPSA) is 88.9 Å². The lowest BCUT2D eigenvalue weighted by Crippen LogP contribution is -2.29. The zero-order chi connectivity index (χ0) is 14.8. The zero-order valence-corrected chi connectivity index (χ0v) is 12.1. The Morgan fingerprint density at radius 3 is 2.86 bits per heavy atom. The summed E-state index contributed by atoms with van der Waals surface area (Å²) in [4.78, 5) is 22.4. The van der Waals surface area contributed by atoms with Crippen molar-refractivity contribution in [2.24, 2.45) is 0 Å². The fraction of sp³-hybridized carbons (Fsp3) is 0.538. The molecule has 0 amide bonds. The molecule has 1 aliphatic heterocycles. The van der Waals surface area contributed by atoms with E-state index in [0.29, 0.717) is 24.9 Å². The lowest BCUT2D eigenvalue weighted by molar-refractivity contribution is 0.118. The molecular formula is C13H18N6O2. The number of hydrogen-bond acceptors (Lipinski definition) is 6. The van der Waals surface area contributed by atoms with Gasteiger partial charge in [0.15, 0.2) is 5.82 Å². The summed E-state index contributed by atoms with van der Waals surface area (Å²) in [7, 11) is 1.69. The molecule has 1 N–H and O–H groups in total. The number of rotatable bonds is 4. The van der Waals surface area contributed by atoms with Crippen molar-refractivity contribution in [3.05, 3.63) is 34.8 Å². The minimum Gasteiger partial charge on any atom is -0.380 e. The van der Waals surface area contributed by atoms with Crippen molar-refractivity contribution < 1.29 is 4.74 Å². The SMILES string of the molecule is CCn1c([C@@H]2C[C@H](OC)CN2c2ncccn2)n[nH]c1=O. The van der Waals surface area contributed by atoms with E-state index in [1.54, 1.807) is 30.1 Å². The monoisotopic (exact) mass is 290 g/mol. The van der Waals surface area contributed by atoms with E-state index < -0.39 is 0 Å². The van der Waals surface area contributed by atoms with Crippen LogP contribution in [-0.4, -0.2) is 44.5 Å². The molecule has 0 saturated carbocycles. The van der Waals surface area contributed by atoms with Crippen molar-refractivity contribution in [3.63, 3.8) is 0 Å². The van der Waals surface area contributed by atoms with E-state index in [9.17, 15) is 4.79 Å². The largest absolute Gasteiger partial charge is 0.380 e. The Labute approximate surface area is 121 Å². The molecule has 1 fully saturated rings. The summed E-state index contributed by atoms with van der Waals surface area (Å²) in [6.45, 7) is 3.17. The Balaban J connectivity index is 2.00. The van der Waals surface area contributed by atoms with Crippen LogP contribution in [0.4, 0.5) is 5.95 Å². The minimum absolute atomic E-state index is 0.0657. The van der Waals surface area contributed by atoms with E-state index in [2.05, 4.69) is 20.2 Å². The summed E-state index contributed by atoms with van der Waals surface area (Å²) in [5.74, 6) is 1.33. The van der Waals surface area contributed by atoms with E-state index in [1.165, 1.54) is 0 Å². The van der Waals surface area contributed by atoms with E-state index in [4.69, 9.17) is 4.74 Å². The first kappa shape index (κ1) is 13.7. The number of aromatic nitrogens is 5. The molecule has 1 aliphatic rings. The highest BCUT2D eigenvalue weighted by molar-refractivity contribution is 5.35. The molecule has 2 aromatic rings. The van der Waals surface area contributed by atoms with Gasteiger partial charge in [0.25, 0.3) is 0 Å². The first-order valence-electron chi connectivity index (χ1n) is 6.96. The van der Waals surface area contributed by atoms with Gasteiger partial charge in [0, 0.05) is 39.0 Å². The smallest absolute Gasteiger partial charge is 0.343 e. The van der Waals surface area contributed by atoms with Crippen LogP contribution in [0.25, 0.3) is 0 Å². The highest BCUT2D eigenvalue weighted by atomic mass is 16.5. The predicted molar refractivity (Wildman–Crippen MR) is 76.1 cm³/mol. The molecule has 112 valence electrons. The molecule has 2 atom stereocenters. The fourth-order valence-electron chi connectivity index (χ4n) is 2.76. The van der Waals surface area contributed by atoms with Crippen LogP contribution in [0.2, 0.25) is 0 Å². The van der Waals surface area contributed by atoms with Crippen molar-refractivity contribution in [2.45, 2.75) is 32.0 Å². The van der Waals surface area contributed by atoms with Crippen molar-refractivity contribution in [1.82, 2.24) is 24.7 Å². The fourth-order valence-corrected chi connectivity index (χ4v) is 2.76. The highest BCUT2D eigenvalue weighted by Crippen LogP contribution is 2.34.